The van der Waals surface area contributed by atoms with Crippen molar-refractivity contribution in [1.29, 1.82) is 0 Å². The molecule has 2 aromatic rings. The average molecular weight is 403 g/mol. The van der Waals surface area contributed by atoms with Crippen molar-refractivity contribution in [3.05, 3.63) is 48.0 Å². The van der Waals surface area contributed by atoms with Crippen molar-refractivity contribution in [3.63, 3.8) is 0 Å². The summed E-state index contributed by atoms with van der Waals surface area (Å²) in [5.74, 6) is 0.202. The molecular formula is C19H23KO5S. The number of unbranched alkanes of at least 4 members (excludes halogenated alkanes) is 4. The van der Waals surface area contributed by atoms with Crippen LogP contribution in [0.4, 0.5) is 0 Å². The van der Waals surface area contributed by atoms with Crippen LogP contribution in [0, 0.1) is 0 Å². The smallest absolute Gasteiger partial charge is 0.872 e. The van der Waals surface area contributed by atoms with Gasteiger partial charge in [0.1, 0.15) is 16.4 Å². The van der Waals surface area contributed by atoms with E-state index in [1.807, 2.05) is 0 Å². The van der Waals surface area contributed by atoms with Crippen molar-refractivity contribution in [2.24, 2.45) is 0 Å². The van der Waals surface area contributed by atoms with Gasteiger partial charge in [-0.25, -0.2) is 0 Å². The first-order valence-corrected chi connectivity index (χ1v) is 9.89. The Morgan fingerprint density at radius 2 is 1.65 bits per heavy atom. The van der Waals surface area contributed by atoms with E-state index in [0.717, 1.165) is 24.8 Å². The van der Waals surface area contributed by atoms with E-state index in [1.165, 1.54) is 55.7 Å². The second-order valence-electron chi connectivity index (χ2n) is 5.99. The van der Waals surface area contributed by atoms with Crippen LogP contribution in [-0.2, 0) is 16.5 Å². The van der Waals surface area contributed by atoms with E-state index in [2.05, 4.69) is 6.92 Å². The Morgan fingerprint density at radius 3 is 2.27 bits per heavy atom. The van der Waals surface area contributed by atoms with E-state index in [4.69, 9.17) is 4.74 Å². The van der Waals surface area contributed by atoms with Crippen LogP contribution in [0.5, 0.6) is 17.2 Å². The maximum atomic E-state index is 11.7. The van der Waals surface area contributed by atoms with Crippen molar-refractivity contribution in [3.8, 4) is 17.2 Å². The van der Waals surface area contributed by atoms with Crippen LogP contribution < -0.4 is 61.2 Å². The number of aryl methyl sites for hydroxylation is 1. The Balaban J connectivity index is 0.00000338. The van der Waals surface area contributed by atoms with Crippen LogP contribution in [0.15, 0.2) is 47.4 Å². The molecule has 0 spiro atoms. The fourth-order valence-corrected chi connectivity index (χ4v) is 3.23. The monoisotopic (exact) mass is 402 g/mol. The molecule has 0 aliphatic heterocycles. The van der Waals surface area contributed by atoms with Gasteiger partial charge in [-0.3, -0.25) is 4.55 Å². The zero-order valence-electron chi connectivity index (χ0n) is 15.3. The zero-order valence-corrected chi connectivity index (χ0v) is 19.2. The summed E-state index contributed by atoms with van der Waals surface area (Å²) in [5.41, 5.74) is 0.839. The van der Waals surface area contributed by atoms with Crippen LogP contribution >= 0.6 is 0 Å². The standard InChI is InChI=1S/C19H24O5S.K/c1-2-3-4-5-6-7-15-8-13-18(19(14-15)25(21,22)23)24-17-11-9-16(20)10-12-17;/h8-14,20H,2-7H2,1H3,(H,21,22,23);/q;+1/p-1. The van der Waals surface area contributed by atoms with Gasteiger partial charge >= 0.3 is 51.4 Å². The normalized spacial score (nSPS) is 11.0. The zero-order chi connectivity index (χ0) is 18.3. The maximum Gasteiger partial charge on any atom is 1.00 e. The third-order valence-electron chi connectivity index (χ3n) is 3.91. The summed E-state index contributed by atoms with van der Waals surface area (Å²) < 4.78 is 38.4. The third kappa shape index (κ3) is 7.68. The molecule has 0 aliphatic carbocycles. The maximum absolute atomic E-state index is 11.7. The van der Waals surface area contributed by atoms with E-state index in [-0.39, 0.29) is 67.8 Å². The van der Waals surface area contributed by atoms with Crippen molar-refractivity contribution in [1.82, 2.24) is 0 Å². The van der Waals surface area contributed by atoms with Gasteiger partial charge in [-0.1, -0.05) is 50.8 Å². The quantitative estimate of drug-likeness (QED) is 0.388. The molecule has 0 fully saturated rings. The number of ether oxygens (including phenoxy) is 1. The summed E-state index contributed by atoms with van der Waals surface area (Å²) in [5, 5.41) is 11.1. The van der Waals surface area contributed by atoms with Crippen LogP contribution in [0.1, 0.15) is 44.6 Å². The van der Waals surface area contributed by atoms with Crippen molar-refractivity contribution >= 4 is 10.1 Å². The number of hydrogen-bond donors (Lipinski definition) is 1. The third-order valence-corrected chi connectivity index (χ3v) is 4.78. The predicted molar refractivity (Wildman–Crippen MR) is 94.7 cm³/mol. The number of hydrogen-bond acceptors (Lipinski definition) is 4. The Labute approximate surface area is 198 Å². The fourth-order valence-electron chi connectivity index (χ4n) is 2.56. The Hall–Kier alpha value is -0.414. The average Bonchev–Trinajstić information content (AvgIpc) is 2.57. The van der Waals surface area contributed by atoms with E-state index in [9.17, 15) is 18.1 Å². The molecule has 26 heavy (non-hydrogen) atoms. The Kier molecular flexibility index (Phi) is 10.4. The number of rotatable bonds is 9. The van der Waals surface area contributed by atoms with Gasteiger partial charge in [-0.15, -0.1) is 5.75 Å². The van der Waals surface area contributed by atoms with Gasteiger partial charge in [-0.05, 0) is 42.7 Å². The molecule has 1 N–H and O–H groups in total. The van der Waals surface area contributed by atoms with Crippen molar-refractivity contribution in [2.75, 3.05) is 0 Å². The van der Waals surface area contributed by atoms with E-state index < -0.39 is 10.1 Å². The van der Waals surface area contributed by atoms with Crippen LogP contribution in [-0.4, -0.2) is 13.0 Å². The molecule has 0 atom stereocenters. The molecule has 0 saturated carbocycles. The fraction of sp³-hybridized carbons (Fsp3) is 0.368. The van der Waals surface area contributed by atoms with Gasteiger partial charge in [-0.2, -0.15) is 8.42 Å². The summed E-state index contributed by atoms with van der Waals surface area (Å²) in [6, 6.07) is 10.4. The van der Waals surface area contributed by atoms with E-state index in [0.29, 0.717) is 5.75 Å². The molecule has 0 radical (unpaired) electrons. The minimum absolute atomic E-state index is 0. The van der Waals surface area contributed by atoms with Crippen LogP contribution in [0.25, 0.3) is 0 Å². The van der Waals surface area contributed by atoms with Crippen LogP contribution in [0.2, 0.25) is 0 Å². The van der Waals surface area contributed by atoms with Gasteiger partial charge in [0.05, 0.1) is 0 Å². The van der Waals surface area contributed by atoms with Gasteiger partial charge in [0, 0.05) is 0 Å². The summed E-state index contributed by atoms with van der Waals surface area (Å²) in [4.78, 5) is -0.259. The minimum Gasteiger partial charge on any atom is -0.872 e. The Bertz CT molecular complexity index is 788. The van der Waals surface area contributed by atoms with Gasteiger partial charge < -0.3 is 9.84 Å². The largest absolute Gasteiger partial charge is 1.00 e. The first-order chi connectivity index (χ1) is 11.9. The molecule has 5 nitrogen and oxygen atoms in total. The molecule has 0 saturated heterocycles. The van der Waals surface area contributed by atoms with Crippen molar-refractivity contribution in [2.45, 2.75) is 50.3 Å². The Morgan fingerprint density at radius 1 is 1.00 bits per heavy atom. The molecule has 0 unspecified atom stereocenters. The second kappa shape index (κ2) is 11.4. The first-order valence-electron chi connectivity index (χ1n) is 8.45. The molecule has 0 aliphatic rings. The molecule has 0 heterocycles. The molecule has 0 amide bonds. The van der Waals surface area contributed by atoms with E-state index in [1.54, 1.807) is 6.07 Å². The molecule has 2 aromatic carbocycles. The first kappa shape index (κ1) is 23.6. The SMILES string of the molecule is CCCCCCCc1ccc(Oc2ccc([O-])cc2)c(S(=O)(=O)O)c1.[K+]. The summed E-state index contributed by atoms with van der Waals surface area (Å²) in [6.45, 7) is 2.15. The van der Waals surface area contributed by atoms with Crippen LogP contribution in [0.3, 0.4) is 0 Å². The molecular weight excluding hydrogens is 379 g/mol. The van der Waals surface area contributed by atoms with Gasteiger partial charge in [0.15, 0.2) is 0 Å². The van der Waals surface area contributed by atoms with Gasteiger partial charge in [0.2, 0.25) is 0 Å². The summed E-state index contributed by atoms with van der Waals surface area (Å²) in [7, 11) is -4.41. The predicted octanol–water partition coefficient (Wildman–Crippen LogP) is 1.32. The van der Waals surface area contributed by atoms with Crippen molar-refractivity contribution < 1.29 is 74.2 Å². The molecule has 0 bridgehead atoms. The minimum atomic E-state index is -4.41. The molecule has 0 aromatic heterocycles. The summed E-state index contributed by atoms with van der Waals surface area (Å²) in [6.07, 6.45) is 6.35. The molecule has 7 heteroatoms. The summed E-state index contributed by atoms with van der Waals surface area (Å²) >= 11 is 0. The second-order valence-corrected chi connectivity index (χ2v) is 7.38. The topological polar surface area (TPSA) is 86.7 Å². The molecule has 136 valence electrons. The number of benzene rings is 2. The van der Waals surface area contributed by atoms with E-state index >= 15 is 0 Å². The molecule has 2 rings (SSSR count). The van der Waals surface area contributed by atoms with Gasteiger partial charge in [0.25, 0.3) is 10.1 Å².